The number of rotatable bonds is 9. The predicted octanol–water partition coefficient (Wildman–Crippen LogP) is 2.82. The van der Waals surface area contributed by atoms with Gasteiger partial charge in [-0.15, -0.1) is 10.2 Å². The number of hydrogen-bond donors (Lipinski definition) is 0. The van der Waals surface area contributed by atoms with Crippen LogP contribution in [0.1, 0.15) is 11.1 Å². The Morgan fingerprint density at radius 3 is 2.28 bits per heavy atom. The van der Waals surface area contributed by atoms with Gasteiger partial charge in [0, 0.05) is 45.4 Å². The molecule has 188 valence electrons. The maximum atomic E-state index is 13.0. The Morgan fingerprint density at radius 2 is 1.64 bits per heavy atom. The smallest absolute Gasteiger partial charge is 0.249 e. The molecular weight excluding hydrogens is 454 g/mol. The summed E-state index contributed by atoms with van der Waals surface area (Å²) in [5.41, 5.74) is 4.21. The summed E-state index contributed by atoms with van der Waals surface area (Å²) in [6, 6.07) is 22.1. The van der Waals surface area contributed by atoms with Crippen molar-refractivity contribution >= 4 is 17.6 Å². The average Bonchev–Trinajstić information content (AvgIpc) is 2.92. The Labute approximate surface area is 212 Å². The van der Waals surface area contributed by atoms with Crippen LogP contribution >= 0.6 is 0 Å². The second kappa shape index (κ2) is 12.3. The number of piperazine rings is 1. The minimum Gasteiger partial charge on any atom is -0.375 e. The fourth-order valence-electron chi connectivity index (χ4n) is 4.24. The van der Waals surface area contributed by atoms with Gasteiger partial charge in [-0.05, 0) is 31.0 Å². The molecule has 3 aromatic rings. The fraction of sp³-hybridized carbons (Fsp3) is 0.357. The van der Waals surface area contributed by atoms with Gasteiger partial charge in [0.25, 0.3) is 0 Å². The number of ether oxygens (including phenoxy) is 1. The van der Waals surface area contributed by atoms with Gasteiger partial charge in [-0.1, -0.05) is 60.2 Å². The largest absolute Gasteiger partial charge is 0.375 e. The number of amides is 2. The van der Waals surface area contributed by atoms with Crippen molar-refractivity contribution < 1.29 is 14.3 Å². The highest BCUT2D eigenvalue weighted by atomic mass is 16.5. The zero-order valence-electron chi connectivity index (χ0n) is 21.0. The molecule has 0 bridgehead atoms. The van der Waals surface area contributed by atoms with Crippen LogP contribution < -0.4 is 4.90 Å². The normalized spacial score (nSPS) is 13.5. The number of benzene rings is 2. The topological polar surface area (TPSA) is 78.9 Å². The van der Waals surface area contributed by atoms with E-state index in [1.807, 2.05) is 59.5 Å². The minimum absolute atomic E-state index is 0.0346. The van der Waals surface area contributed by atoms with Crippen LogP contribution in [0.15, 0.2) is 66.7 Å². The second-order valence-electron chi connectivity index (χ2n) is 8.99. The number of hydrogen-bond acceptors (Lipinski definition) is 6. The van der Waals surface area contributed by atoms with Gasteiger partial charge >= 0.3 is 0 Å². The standard InChI is InChI=1S/C28H33N5O3/c1-22-8-10-24(11-9-22)25-12-13-26(30-29-25)31-16-18-32(19-17-31)27(34)20-33(28(35)21-36-2)15-14-23-6-4-3-5-7-23/h3-13H,14-21H2,1-2H3. The van der Waals surface area contributed by atoms with Crippen LogP contribution in [0, 0.1) is 6.92 Å². The quantitative estimate of drug-likeness (QED) is 0.462. The van der Waals surface area contributed by atoms with Crippen LogP contribution in [0.25, 0.3) is 11.3 Å². The number of nitrogens with zero attached hydrogens (tertiary/aromatic N) is 5. The molecule has 1 saturated heterocycles. The third-order valence-corrected chi connectivity index (χ3v) is 6.41. The van der Waals surface area contributed by atoms with E-state index in [9.17, 15) is 9.59 Å². The highest BCUT2D eigenvalue weighted by Gasteiger charge is 2.25. The van der Waals surface area contributed by atoms with Crippen molar-refractivity contribution in [3.63, 3.8) is 0 Å². The highest BCUT2D eigenvalue weighted by molar-refractivity contribution is 5.85. The molecule has 2 heterocycles. The number of anilines is 1. The van der Waals surface area contributed by atoms with Crippen molar-refractivity contribution in [1.82, 2.24) is 20.0 Å². The van der Waals surface area contributed by atoms with E-state index >= 15 is 0 Å². The number of methoxy groups -OCH3 is 1. The van der Waals surface area contributed by atoms with E-state index in [2.05, 4.69) is 34.2 Å². The van der Waals surface area contributed by atoms with Crippen LogP contribution in [0.2, 0.25) is 0 Å². The Morgan fingerprint density at radius 1 is 0.917 bits per heavy atom. The summed E-state index contributed by atoms with van der Waals surface area (Å²) in [6.45, 7) is 5.04. The zero-order chi connectivity index (χ0) is 25.3. The molecule has 2 amide bonds. The number of aromatic nitrogens is 2. The SMILES string of the molecule is COCC(=O)N(CCc1ccccc1)CC(=O)N1CCN(c2ccc(-c3ccc(C)cc3)nn2)CC1. The molecule has 1 fully saturated rings. The molecule has 8 nitrogen and oxygen atoms in total. The Kier molecular flexibility index (Phi) is 8.62. The molecule has 0 unspecified atom stereocenters. The summed E-state index contributed by atoms with van der Waals surface area (Å²) in [7, 11) is 1.49. The molecule has 0 aliphatic carbocycles. The van der Waals surface area contributed by atoms with E-state index in [1.54, 1.807) is 4.90 Å². The lowest BCUT2D eigenvalue weighted by Gasteiger charge is -2.36. The van der Waals surface area contributed by atoms with E-state index in [4.69, 9.17) is 4.74 Å². The molecule has 8 heteroatoms. The number of carbonyl (C=O) groups excluding carboxylic acids is 2. The number of carbonyl (C=O) groups is 2. The van der Waals surface area contributed by atoms with Gasteiger partial charge < -0.3 is 19.4 Å². The first-order valence-corrected chi connectivity index (χ1v) is 12.3. The summed E-state index contributed by atoms with van der Waals surface area (Å²) >= 11 is 0. The maximum Gasteiger partial charge on any atom is 0.249 e. The molecule has 2 aromatic carbocycles. The summed E-state index contributed by atoms with van der Waals surface area (Å²) in [5, 5.41) is 8.82. The molecule has 1 aliphatic rings. The molecule has 4 rings (SSSR count). The van der Waals surface area contributed by atoms with E-state index in [0.29, 0.717) is 39.1 Å². The molecule has 0 saturated carbocycles. The summed E-state index contributed by atoms with van der Waals surface area (Å²) in [4.78, 5) is 31.2. The minimum atomic E-state index is -0.177. The summed E-state index contributed by atoms with van der Waals surface area (Å²) in [6.07, 6.45) is 0.689. The van der Waals surface area contributed by atoms with Gasteiger partial charge in [-0.25, -0.2) is 0 Å². The first-order chi connectivity index (χ1) is 17.5. The molecule has 0 atom stereocenters. The van der Waals surface area contributed by atoms with Crippen molar-refractivity contribution in [1.29, 1.82) is 0 Å². The van der Waals surface area contributed by atoms with Crippen LogP contribution in [-0.4, -0.2) is 84.8 Å². The Bertz CT molecular complexity index is 1130. The number of aryl methyl sites for hydroxylation is 1. The monoisotopic (exact) mass is 487 g/mol. The third-order valence-electron chi connectivity index (χ3n) is 6.41. The maximum absolute atomic E-state index is 13.0. The summed E-state index contributed by atoms with van der Waals surface area (Å²) < 4.78 is 5.03. The lowest BCUT2D eigenvalue weighted by atomic mass is 10.1. The third kappa shape index (κ3) is 6.66. The van der Waals surface area contributed by atoms with Crippen LogP contribution in [0.5, 0.6) is 0 Å². The second-order valence-corrected chi connectivity index (χ2v) is 8.99. The van der Waals surface area contributed by atoms with E-state index in [1.165, 1.54) is 12.7 Å². The molecule has 1 aromatic heterocycles. The van der Waals surface area contributed by atoms with E-state index < -0.39 is 0 Å². The first-order valence-electron chi connectivity index (χ1n) is 12.3. The first kappa shape index (κ1) is 25.3. The Hall–Kier alpha value is -3.78. The Balaban J connectivity index is 1.31. The molecule has 0 spiro atoms. The lowest BCUT2D eigenvalue weighted by Crippen LogP contribution is -2.52. The molecule has 0 radical (unpaired) electrons. The van der Waals surface area contributed by atoms with Gasteiger partial charge in [-0.2, -0.15) is 0 Å². The highest BCUT2D eigenvalue weighted by Crippen LogP contribution is 2.20. The van der Waals surface area contributed by atoms with Gasteiger partial charge in [-0.3, -0.25) is 9.59 Å². The van der Waals surface area contributed by atoms with Crippen molar-refractivity contribution in [3.8, 4) is 11.3 Å². The molecule has 0 N–H and O–H groups in total. The van der Waals surface area contributed by atoms with E-state index in [0.717, 1.165) is 22.6 Å². The molecule has 36 heavy (non-hydrogen) atoms. The van der Waals surface area contributed by atoms with Gasteiger partial charge in [0.05, 0.1) is 12.2 Å². The lowest BCUT2D eigenvalue weighted by molar-refractivity contribution is -0.142. The van der Waals surface area contributed by atoms with Gasteiger partial charge in [0.15, 0.2) is 5.82 Å². The summed E-state index contributed by atoms with van der Waals surface area (Å²) in [5.74, 6) is 0.579. The zero-order valence-corrected chi connectivity index (χ0v) is 21.0. The van der Waals surface area contributed by atoms with Crippen molar-refractivity contribution in [2.24, 2.45) is 0 Å². The average molecular weight is 488 g/mol. The van der Waals surface area contributed by atoms with Crippen molar-refractivity contribution in [3.05, 3.63) is 77.9 Å². The molecule has 1 aliphatic heterocycles. The fourth-order valence-corrected chi connectivity index (χ4v) is 4.24. The van der Waals surface area contributed by atoms with Gasteiger partial charge in [0.1, 0.15) is 6.61 Å². The van der Waals surface area contributed by atoms with E-state index in [-0.39, 0.29) is 25.0 Å². The van der Waals surface area contributed by atoms with Crippen LogP contribution in [0.3, 0.4) is 0 Å². The predicted molar refractivity (Wildman–Crippen MR) is 140 cm³/mol. The molecular formula is C28H33N5O3. The van der Waals surface area contributed by atoms with Crippen LogP contribution in [0.4, 0.5) is 5.82 Å². The van der Waals surface area contributed by atoms with Crippen molar-refractivity contribution in [2.45, 2.75) is 13.3 Å². The van der Waals surface area contributed by atoms with Crippen LogP contribution in [-0.2, 0) is 20.7 Å². The van der Waals surface area contributed by atoms with Gasteiger partial charge in [0.2, 0.25) is 11.8 Å². The van der Waals surface area contributed by atoms with Crippen molar-refractivity contribution in [2.75, 3.05) is 57.9 Å².